The summed E-state index contributed by atoms with van der Waals surface area (Å²) < 4.78 is 5.73. The number of hydrogen-bond donors (Lipinski definition) is 0. The van der Waals surface area contributed by atoms with Crippen LogP contribution in [-0.2, 0) is 16.0 Å². The Morgan fingerprint density at radius 1 is 1.04 bits per heavy atom. The summed E-state index contributed by atoms with van der Waals surface area (Å²) >= 11 is 0. The molecule has 4 heteroatoms. The predicted octanol–water partition coefficient (Wildman–Crippen LogP) is 2.71. The van der Waals surface area contributed by atoms with Crippen LogP contribution in [0.25, 0.3) is 10.8 Å². The minimum atomic E-state index is 0.244. The van der Waals surface area contributed by atoms with Crippen LogP contribution >= 0.6 is 0 Å². The van der Waals surface area contributed by atoms with Gasteiger partial charge in [0.25, 0.3) is 0 Å². The van der Waals surface area contributed by atoms with Crippen molar-refractivity contribution in [3.05, 3.63) is 48.0 Å². The van der Waals surface area contributed by atoms with Gasteiger partial charge in [-0.3, -0.25) is 9.69 Å². The highest BCUT2D eigenvalue weighted by Crippen LogP contribution is 2.20. The largest absolute Gasteiger partial charge is 0.377 e. The molecular weight excluding hydrogens is 312 g/mol. The van der Waals surface area contributed by atoms with Crippen LogP contribution in [0.5, 0.6) is 0 Å². The number of nitrogens with zero attached hydrogens (tertiary/aromatic N) is 2. The van der Waals surface area contributed by atoms with Gasteiger partial charge < -0.3 is 9.64 Å². The van der Waals surface area contributed by atoms with Crippen LogP contribution in [0.3, 0.4) is 0 Å². The zero-order chi connectivity index (χ0) is 17.1. The lowest BCUT2D eigenvalue weighted by molar-refractivity contribution is -0.132. The van der Waals surface area contributed by atoms with Gasteiger partial charge in [-0.1, -0.05) is 42.5 Å². The lowest BCUT2D eigenvalue weighted by Gasteiger charge is -2.35. The number of carbonyl (C=O) groups excluding carboxylic acids is 1. The highest BCUT2D eigenvalue weighted by Gasteiger charge is 2.25. The molecule has 0 spiro atoms. The van der Waals surface area contributed by atoms with Crippen LogP contribution in [0.4, 0.5) is 0 Å². The molecule has 0 saturated carbocycles. The molecule has 25 heavy (non-hydrogen) atoms. The molecule has 0 aliphatic carbocycles. The average molecular weight is 338 g/mol. The summed E-state index contributed by atoms with van der Waals surface area (Å²) in [4.78, 5) is 17.2. The van der Waals surface area contributed by atoms with Crippen molar-refractivity contribution in [1.29, 1.82) is 0 Å². The summed E-state index contributed by atoms with van der Waals surface area (Å²) in [5, 5.41) is 2.39. The van der Waals surface area contributed by atoms with Gasteiger partial charge in [0.1, 0.15) is 0 Å². The van der Waals surface area contributed by atoms with Crippen molar-refractivity contribution < 1.29 is 9.53 Å². The summed E-state index contributed by atoms with van der Waals surface area (Å²) in [7, 11) is 0. The van der Waals surface area contributed by atoms with Gasteiger partial charge in [-0.25, -0.2) is 0 Å². The first-order valence-electron chi connectivity index (χ1n) is 9.38. The third-order valence-corrected chi connectivity index (χ3v) is 5.43. The number of benzene rings is 2. The number of carbonyl (C=O) groups is 1. The van der Waals surface area contributed by atoms with Gasteiger partial charge in [-0.15, -0.1) is 0 Å². The third-order valence-electron chi connectivity index (χ3n) is 5.43. The van der Waals surface area contributed by atoms with E-state index in [1.54, 1.807) is 0 Å². The summed E-state index contributed by atoms with van der Waals surface area (Å²) in [6.07, 6.45) is 3.26. The van der Waals surface area contributed by atoms with E-state index >= 15 is 0 Å². The van der Waals surface area contributed by atoms with E-state index in [0.717, 1.165) is 44.9 Å². The van der Waals surface area contributed by atoms with Crippen molar-refractivity contribution in [3.63, 3.8) is 0 Å². The second-order valence-corrected chi connectivity index (χ2v) is 7.13. The Morgan fingerprint density at radius 2 is 1.84 bits per heavy atom. The van der Waals surface area contributed by atoms with Crippen LogP contribution in [0.1, 0.15) is 18.4 Å². The van der Waals surface area contributed by atoms with E-state index in [1.807, 2.05) is 23.1 Å². The van der Waals surface area contributed by atoms with Crippen LogP contribution in [-0.4, -0.2) is 61.1 Å². The van der Waals surface area contributed by atoms with E-state index in [9.17, 15) is 4.79 Å². The fourth-order valence-corrected chi connectivity index (χ4v) is 3.98. The summed E-state index contributed by atoms with van der Waals surface area (Å²) in [5.41, 5.74) is 1.13. The molecule has 0 aromatic heterocycles. The van der Waals surface area contributed by atoms with E-state index in [4.69, 9.17) is 4.74 Å². The van der Waals surface area contributed by atoms with Gasteiger partial charge in [0, 0.05) is 39.3 Å². The second kappa shape index (κ2) is 7.54. The Balaban J connectivity index is 1.34. The molecule has 1 unspecified atom stereocenters. The lowest BCUT2D eigenvalue weighted by Crippen LogP contribution is -2.50. The number of ether oxygens (including phenoxy) is 1. The molecule has 2 aromatic rings. The summed E-state index contributed by atoms with van der Waals surface area (Å²) in [6.45, 7) is 5.51. The molecule has 0 bridgehead atoms. The molecule has 4 rings (SSSR count). The minimum Gasteiger partial charge on any atom is -0.377 e. The molecule has 0 radical (unpaired) electrons. The highest BCUT2D eigenvalue weighted by atomic mass is 16.5. The Hall–Kier alpha value is -1.91. The topological polar surface area (TPSA) is 32.8 Å². The Bertz CT molecular complexity index is 726. The lowest BCUT2D eigenvalue weighted by atomic mass is 10.0. The zero-order valence-electron chi connectivity index (χ0n) is 14.7. The SMILES string of the molecule is O=C(Cc1cccc2ccccc12)N1CCN(CC2CCCO2)CC1. The molecule has 2 heterocycles. The minimum absolute atomic E-state index is 0.244. The summed E-state index contributed by atoms with van der Waals surface area (Å²) in [6, 6.07) is 14.5. The molecule has 2 fully saturated rings. The van der Waals surface area contributed by atoms with Gasteiger partial charge in [0.05, 0.1) is 12.5 Å². The molecule has 2 saturated heterocycles. The standard InChI is InChI=1S/C21H26N2O2/c24-21(15-18-7-3-6-17-5-1-2-9-20(17)18)23-12-10-22(11-13-23)16-19-8-4-14-25-19/h1-3,5-7,9,19H,4,8,10-16H2. The average Bonchev–Trinajstić information content (AvgIpc) is 3.16. The van der Waals surface area contributed by atoms with Gasteiger partial charge in [0.15, 0.2) is 0 Å². The van der Waals surface area contributed by atoms with Gasteiger partial charge in [0.2, 0.25) is 5.91 Å². The van der Waals surface area contributed by atoms with Crippen molar-refractivity contribution >= 4 is 16.7 Å². The molecule has 1 atom stereocenters. The predicted molar refractivity (Wildman–Crippen MR) is 99.6 cm³/mol. The van der Waals surface area contributed by atoms with E-state index in [2.05, 4.69) is 29.2 Å². The molecule has 2 aliphatic heterocycles. The number of hydrogen-bond acceptors (Lipinski definition) is 3. The van der Waals surface area contributed by atoms with Crippen LogP contribution in [0.15, 0.2) is 42.5 Å². The fraction of sp³-hybridized carbons (Fsp3) is 0.476. The van der Waals surface area contributed by atoms with Gasteiger partial charge >= 0.3 is 0 Å². The second-order valence-electron chi connectivity index (χ2n) is 7.13. The first-order valence-corrected chi connectivity index (χ1v) is 9.38. The number of rotatable bonds is 4. The van der Waals surface area contributed by atoms with Crippen LogP contribution in [0.2, 0.25) is 0 Å². The maximum atomic E-state index is 12.7. The first-order chi connectivity index (χ1) is 12.3. The number of piperazine rings is 1. The maximum absolute atomic E-state index is 12.7. The quantitative estimate of drug-likeness (QED) is 0.859. The molecule has 4 nitrogen and oxygen atoms in total. The molecule has 2 aromatic carbocycles. The van der Waals surface area contributed by atoms with Crippen LogP contribution < -0.4 is 0 Å². The zero-order valence-corrected chi connectivity index (χ0v) is 14.7. The van der Waals surface area contributed by atoms with Crippen molar-refractivity contribution in [3.8, 4) is 0 Å². The molecule has 2 aliphatic rings. The van der Waals surface area contributed by atoms with E-state index in [-0.39, 0.29) is 5.91 Å². The Labute approximate surface area is 149 Å². The molecule has 0 N–H and O–H groups in total. The molecule has 1 amide bonds. The third kappa shape index (κ3) is 3.86. The van der Waals surface area contributed by atoms with Crippen molar-refractivity contribution in [2.45, 2.75) is 25.4 Å². The normalized spacial score (nSPS) is 21.8. The fourth-order valence-electron chi connectivity index (χ4n) is 3.98. The monoisotopic (exact) mass is 338 g/mol. The smallest absolute Gasteiger partial charge is 0.227 e. The van der Waals surface area contributed by atoms with Crippen molar-refractivity contribution in [2.24, 2.45) is 0 Å². The van der Waals surface area contributed by atoms with Crippen LogP contribution in [0, 0.1) is 0 Å². The number of amides is 1. The van der Waals surface area contributed by atoms with E-state index < -0.39 is 0 Å². The highest BCUT2D eigenvalue weighted by molar-refractivity contribution is 5.90. The van der Waals surface area contributed by atoms with Crippen molar-refractivity contribution in [2.75, 3.05) is 39.3 Å². The Kier molecular flexibility index (Phi) is 4.99. The van der Waals surface area contributed by atoms with Gasteiger partial charge in [-0.05, 0) is 29.2 Å². The Morgan fingerprint density at radius 3 is 2.64 bits per heavy atom. The van der Waals surface area contributed by atoms with Gasteiger partial charge in [-0.2, -0.15) is 0 Å². The molecule has 132 valence electrons. The van der Waals surface area contributed by atoms with E-state index in [1.165, 1.54) is 23.6 Å². The molecular formula is C21H26N2O2. The van der Waals surface area contributed by atoms with Crippen molar-refractivity contribution in [1.82, 2.24) is 9.80 Å². The van der Waals surface area contributed by atoms with E-state index in [0.29, 0.717) is 12.5 Å². The maximum Gasteiger partial charge on any atom is 0.227 e. The number of fused-ring (bicyclic) bond motifs is 1. The summed E-state index contributed by atoms with van der Waals surface area (Å²) in [5.74, 6) is 0.244. The first kappa shape index (κ1) is 16.6.